The lowest BCUT2D eigenvalue weighted by molar-refractivity contribution is -0.162. The maximum atomic E-state index is 12.3. The summed E-state index contributed by atoms with van der Waals surface area (Å²) in [4.78, 5) is 47.1. The van der Waals surface area contributed by atoms with E-state index in [0.29, 0.717) is 5.56 Å². The molecule has 0 spiro atoms. The van der Waals surface area contributed by atoms with Gasteiger partial charge in [-0.1, -0.05) is 26.8 Å². The molecule has 1 aromatic rings. The average Bonchev–Trinajstić information content (AvgIpc) is 2.77. The van der Waals surface area contributed by atoms with Gasteiger partial charge in [-0.05, 0) is 37.0 Å². The Balaban J connectivity index is 2.74. The molecule has 0 radical (unpaired) electrons. The zero-order valence-corrected chi connectivity index (χ0v) is 19.6. The first-order chi connectivity index (χ1) is 15.5. The molecule has 0 bridgehead atoms. The number of carbonyl (C=O) groups excluding carboxylic acids is 4. The first-order valence-corrected chi connectivity index (χ1v) is 10.3. The first kappa shape index (κ1) is 27.7. The summed E-state index contributed by atoms with van der Waals surface area (Å²) in [6.07, 6.45) is -2.67. The Labute approximate surface area is 192 Å². The molecule has 0 aliphatic carbocycles. The molecule has 0 aromatic heterocycles. The average molecular weight is 469 g/mol. The number of hydrogen-bond donors (Lipinski definition) is 1. The molecule has 0 amide bonds. The Hall–Kier alpha value is -3.34. The fourth-order valence-corrected chi connectivity index (χ4v) is 2.36. The van der Waals surface area contributed by atoms with Crippen molar-refractivity contribution in [3.05, 3.63) is 23.8 Å². The minimum atomic E-state index is -1.05. The van der Waals surface area contributed by atoms with Crippen LogP contribution in [0.25, 0.3) is 0 Å². The monoisotopic (exact) mass is 469 g/mol. The van der Waals surface area contributed by atoms with Gasteiger partial charge in [-0.3, -0.25) is 9.59 Å². The van der Waals surface area contributed by atoms with Crippen molar-refractivity contribution in [2.75, 3.05) is 20.8 Å². The highest BCUT2D eigenvalue weighted by Crippen LogP contribution is 2.29. The summed E-state index contributed by atoms with van der Waals surface area (Å²) in [7, 11) is 2.23. The zero-order chi connectivity index (χ0) is 25.1. The molecule has 0 aliphatic heterocycles. The highest BCUT2D eigenvalue weighted by molar-refractivity contribution is 5.76. The maximum absolute atomic E-state index is 12.3. The van der Waals surface area contributed by atoms with Crippen LogP contribution in [0.1, 0.15) is 33.3 Å². The second-order valence-corrected chi connectivity index (χ2v) is 7.61. The lowest BCUT2D eigenvalue weighted by atomic mass is 9.98. The Bertz CT molecular complexity index is 838. The van der Waals surface area contributed by atoms with E-state index in [1.807, 2.05) is 13.8 Å². The molecule has 1 rings (SSSR count). The normalized spacial score (nSPS) is 13.3. The van der Waals surface area contributed by atoms with E-state index in [1.165, 1.54) is 18.2 Å². The second-order valence-electron chi connectivity index (χ2n) is 7.61. The van der Waals surface area contributed by atoms with E-state index < -0.39 is 30.4 Å². The second kappa shape index (κ2) is 13.3. The number of nitrogens with two attached hydrogens (primary N) is 1. The van der Waals surface area contributed by atoms with Crippen molar-refractivity contribution < 1.29 is 47.6 Å². The topological polar surface area (TPSA) is 150 Å². The quantitative estimate of drug-likeness (QED) is 0.306. The van der Waals surface area contributed by atoms with Crippen molar-refractivity contribution in [1.82, 2.24) is 0 Å². The van der Waals surface area contributed by atoms with E-state index in [0.717, 1.165) is 14.2 Å². The van der Waals surface area contributed by atoms with Crippen LogP contribution in [0.5, 0.6) is 11.5 Å². The van der Waals surface area contributed by atoms with Gasteiger partial charge in [0, 0.05) is 0 Å². The van der Waals surface area contributed by atoms with E-state index in [-0.39, 0.29) is 42.3 Å². The Morgan fingerprint density at radius 3 is 2.00 bits per heavy atom. The molecule has 1 unspecified atom stereocenters. The van der Waals surface area contributed by atoms with Gasteiger partial charge in [0.1, 0.15) is 18.8 Å². The van der Waals surface area contributed by atoms with Crippen molar-refractivity contribution in [3.63, 3.8) is 0 Å². The first-order valence-electron chi connectivity index (χ1n) is 10.3. The molecule has 0 saturated carbocycles. The molecule has 33 heavy (non-hydrogen) atoms. The van der Waals surface area contributed by atoms with E-state index in [9.17, 15) is 19.2 Å². The van der Waals surface area contributed by atoms with Gasteiger partial charge in [-0.15, -0.1) is 0 Å². The largest absolute Gasteiger partial charge is 0.513 e. The number of rotatable bonds is 10. The lowest BCUT2D eigenvalue weighted by Crippen LogP contribution is -2.36. The van der Waals surface area contributed by atoms with Gasteiger partial charge >= 0.3 is 24.2 Å². The molecule has 1 aromatic carbocycles. The number of methoxy groups -OCH3 is 2. The fourth-order valence-electron chi connectivity index (χ4n) is 2.36. The summed E-state index contributed by atoms with van der Waals surface area (Å²) in [6.45, 7) is 7.05. The molecule has 0 fully saturated rings. The summed E-state index contributed by atoms with van der Waals surface area (Å²) < 4.78 is 29.2. The van der Waals surface area contributed by atoms with E-state index in [2.05, 4.69) is 9.47 Å². The minimum absolute atomic E-state index is 0.0213. The van der Waals surface area contributed by atoms with Crippen LogP contribution in [0, 0.1) is 11.8 Å². The van der Waals surface area contributed by atoms with Crippen molar-refractivity contribution in [1.29, 1.82) is 0 Å². The number of hydrogen-bond acceptors (Lipinski definition) is 11. The molecular formula is C22H31NO10. The van der Waals surface area contributed by atoms with Crippen LogP contribution in [0.3, 0.4) is 0 Å². The van der Waals surface area contributed by atoms with Gasteiger partial charge in [0.2, 0.25) is 0 Å². The van der Waals surface area contributed by atoms with Crippen molar-refractivity contribution >= 4 is 24.2 Å². The third-order valence-corrected chi connectivity index (χ3v) is 4.64. The molecular weight excluding hydrogens is 438 g/mol. The third-order valence-electron chi connectivity index (χ3n) is 4.64. The standard InChI is InChI=1S/C22H31NO10/c1-12(2)14(4)19(24)31-13(3)11-30-20(25)16(23)9-15-7-8-17(32-21(26)28-5)18(10-15)33-22(27)29-6/h7-8,10,12-14,16H,9,11,23H2,1-6H3/t13-,14?,16-/m0/s1. The van der Waals surface area contributed by atoms with Crippen LogP contribution < -0.4 is 15.2 Å². The molecule has 0 heterocycles. The summed E-state index contributed by atoms with van der Waals surface area (Å²) in [5.41, 5.74) is 6.41. The predicted octanol–water partition coefficient (Wildman–Crippen LogP) is 2.61. The summed E-state index contributed by atoms with van der Waals surface area (Å²) in [5.74, 6) is -1.47. The van der Waals surface area contributed by atoms with Crippen molar-refractivity contribution in [3.8, 4) is 11.5 Å². The van der Waals surface area contributed by atoms with Crippen LogP contribution in [0.15, 0.2) is 18.2 Å². The molecule has 184 valence electrons. The van der Waals surface area contributed by atoms with E-state index >= 15 is 0 Å². The van der Waals surface area contributed by atoms with Crippen LogP contribution >= 0.6 is 0 Å². The highest BCUT2D eigenvalue weighted by Gasteiger charge is 2.23. The third kappa shape index (κ3) is 9.36. The Morgan fingerprint density at radius 1 is 0.879 bits per heavy atom. The van der Waals surface area contributed by atoms with E-state index in [4.69, 9.17) is 24.7 Å². The van der Waals surface area contributed by atoms with Crippen LogP contribution in [0.4, 0.5) is 9.59 Å². The lowest BCUT2D eigenvalue weighted by Gasteiger charge is -2.19. The smallest absolute Gasteiger partial charge is 0.461 e. The summed E-state index contributed by atoms with van der Waals surface area (Å²) in [6, 6.07) is 3.17. The Morgan fingerprint density at radius 2 is 1.45 bits per heavy atom. The predicted molar refractivity (Wildman–Crippen MR) is 115 cm³/mol. The van der Waals surface area contributed by atoms with Crippen LogP contribution in [-0.2, 0) is 35.0 Å². The van der Waals surface area contributed by atoms with Gasteiger partial charge in [0.25, 0.3) is 0 Å². The van der Waals surface area contributed by atoms with Crippen molar-refractivity contribution in [2.45, 2.75) is 46.3 Å². The molecule has 3 atom stereocenters. The summed E-state index contributed by atoms with van der Waals surface area (Å²) in [5, 5.41) is 0. The SMILES string of the molecule is COC(=O)Oc1ccc(C[C@H](N)C(=O)OC[C@H](C)OC(=O)C(C)C(C)C)cc1OC(=O)OC. The van der Waals surface area contributed by atoms with Gasteiger partial charge in [0.05, 0.1) is 20.1 Å². The van der Waals surface area contributed by atoms with Gasteiger partial charge in [-0.25, -0.2) is 9.59 Å². The zero-order valence-electron chi connectivity index (χ0n) is 19.6. The van der Waals surface area contributed by atoms with Gasteiger partial charge in [0.15, 0.2) is 11.5 Å². The van der Waals surface area contributed by atoms with Gasteiger partial charge < -0.3 is 34.2 Å². The fraction of sp³-hybridized carbons (Fsp3) is 0.545. The van der Waals surface area contributed by atoms with Crippen LogP contribution in [0.2, 0.25) is 0 Å². The minimum Gasteiger partial charge on any atom is -0.461 e. The van der Waals surface area contributed by atoms with Crippen LogP contribution in [-0.4, -0.2) is 57.2 Å². The highest BCUT2D eigenvalue weighted by atomic mass is 16.7. The molecule has 11 heteroatoms. The molecule has 2 N–H and O–H groups in total. The molecule has 0 aliphatic rings. The Kier molecular flexibility index (Phi) is 11.1. The number of ether oxygens (including phenoxy) is 6. The molecule has 0 saturated heterocycles. The van der Waals surface area contributed by atoms with E-state index in [1.54, 1.807) is 13.8 Å². The number of carbonyl (C=O) groups is 4. The number of benzene rings is 1. The maximum Gasteiger partial charge on any atom is 0.513 e. The molecule has 11 nitrogen and oxygen atoms in total. The van der Waals surface area contributed by atoms with Crippen molar-refractivity contribution in [2.24, 2.45) is 17.6 Å². The number of esters is 2. The van der Waals surface area contributed by atoms with Gasteiger partial charge in [-0.2, -0.15) is 0 Å². The summed E-state index contributed by atoms with van der Waals surface area (Å²) >= 11 is 0.